The first-order valence-corrected chi connectivity index (χ1v) is 6.96. The summed E-state index contributed by atoms with van der Waals surface area (Å²) in [4.78, 5) is 0. The lowest BCUT2D eigenvalue weighted by molar-refractivity contribution is 0.398. The molecule has 96 valence electrons. The van der Waals surface area contributed by atoms with Crippen LogP contribution in [0.3, 0.4) is 0 Å². The van der Waals surface area contributed by atoms with E-state index in [1.165, 1.54) is 35.8 Å². The summed E-state index contributed by atoms with van der Waals surface area (Å²) in [6, 6.07) is 7.15. The van der Waals surface area contributed by atoms with E-state index in [1.54, 1.807) is 0 Å². The maximum absolute atomic E-state index is 5.94. The van der Waals surface area contributed by atoms with E-state index >= 15 is 0 Å². The van der Waals surface area contributed by atoms with Crippen molar-refractivity contribution in [3.8, 4) is 0 Å². The van der Waals surface area contributed by atoms with Gasteiger partial charge in [-0.25, -0.2) is 0 Å². The number of benzene rings is 1. The van der Waals surface area contributed by atoms with E-state index < -0.39 is 0 Å². The summed E-state index contributed by atoms with van der Waals surface area (Å²) in [7, 11) is 0. The van der Waals surface area contributed by atoms with Crippen molar-refractivity contribution >= 4 is 11.0 Å². The first kappa shape index (κ1) is 11.8. The van der Waals surface area contributed by atoms with Gasteiger partial charge in [-0.3, -0.25) is 0 Å². The lowest BCUT2D eigenvalue weighted by Gasteiger charge is -2.23. The fourth-order valence-electron chi connectivity index (χ4n) is 2.94. The average Bonchev–Trinajstić information content (AvgIpc) is 2.69. The number of para-hydroxylation sites is 1. The zero-order valence-electron chi connectivity index (χ0n) is 11.3. The smallest absolute Gasteiger partial charge is 0.137 e. The van der Waals surface area contributed by atoms with Crippen molar-refractivity contribution in [1.29, 1.82) is 0 Å². The summed E-state index contributed by atoms with van der Waals surface area (Å²) in [6.07, 6.45) is 5.04. The highest BCUT2D eigenvalue weighted by Gasteiger charge is 2.16. The molecule has 3 rings (SSSR count). The molecule has 0 bridgehead atoms. The van der Waals surface area contributed by atoms with Gasteiger partial charge in [0, 0.05) is 11.4 Å². The number of fused-ring (bicyclic) bond motifs is 1. The maximum Gasteiger partial charge on any atom is 0.137 e. The zero-order chi connectivity index (χ0) is 12.5. The quantitative estimate of drug-likeness (QED) is 0.869. The third kappa shape index (κ3) is 2.05. The molecule has 18 heavy (non-hydrogen) atoms. The summed E-state index contributed by atoms with van der Waals surface area (Å²) in [5.41, 5.74) is 3.73. The molecule has 1 fully saturated rings. The molecule has 1 atom stereocenters. The number of piperidine rings is 1. The molecular weight excluding hydrogens is 222 g/mol. The summed E-state index contributed by atoms with van der Waals surface area (Å²) in [5, 5.41) is 4.89. The highest BCUT2D eigenvalue weighted by molar-refractivity contribution is 5.84. The number of aryl methyl sites for hydroxylation is 2. The molecule has 0 amide bonds. The predicted molar refractivity (Wildman–Crippen MR) is 75.0 cm³/mol. The van der Waals surface area contributed by atoms with Gasteiger partial charge in [0.2, 0.25) is 0 Å². The third-order valence-corrected chi connectivity index (χ3v) is 4.16. The maximum atomic E-state index is 5.94. The molecule has 1 saturated heterocycles. The molecule has 1 N–H and O–H groups in total. The first-order chi connectivity index (χ1) is 8.75. The fraction of sp³-hybridized carbons (Fsp3) is 0.500. The molecule has 0 aliphatic carbocycles. The van der Waals surface area contributed by atoms with E-state index in [4.69, 9.17) is 4.42 Å². The molecule has 1 aromatic carbocycles. The van der Waals surface area contributed by atoms with Crippen molar-refractivity contribution in [3.63, 3.8) is 0 Å². The highest BCUT2D eigenvalue weighted by atomic mass is 16.3. The van der Waals surface area contributed by atoms with Crippen LogP contribution in [0.2, 0.25) is 0 Å². The van der Waals surface area contributed by atoms with E-state index in [0.29, 0.717) is 6.04 Å². The Morgan fingerprint density at radius 3 is 2.94 bits per heavy atom. The van der Waals surface area contributed by atoms with Gasteiger partial charge in [-0.2, -0.15) is 0 Å². The Labute approximate surface area is 108 Å². The molecule has 2 nitrogen and oxygen atoms in total. The number of rotatable bonds is 2. The molecule has 0 spiro atoms. The van der Waals surface area contributed by atoms with Crippen LogP contribution in [-0.2, 0) is 6.42 Å². The molecule has 1 unspecified atom stereocenters. The summed E-state index contributed by atoms with van der Waals surface area (Å²) in [6.45, 7) is 5.36. The Kier molecular flexibility index (Phi) is 3.13. The van der Waals surface area contributed by atoms with Crippen molar-refractivity contribution in [2.24, 2.45) is 0 Å². The molecule has 2 heteroatoms. The van der Waals surface area contributed by atoms with Gasteiger partial charge in [0.25, 0.3) is 0 Å². The van der Waals surface area contributed by atoms with Crippen LogP contribution in [0.1, 0.15) is 36.1 Å². The average molecular weight is 243 g/mol. The van der Waals surface area contributed by atoms with Crippen LogP contribution < -0.4 is 5.32 Å². The van der Waals surface area contributed by atoms with Gasteiger partial charge in [0.05, 0.1) is 0 Å². The Morgan fingerprint density at radius 2 is 2.17 bits per heavy atom. The molecule has 1 aromatic heterocycles. The minimum Gasteiger partial charge on any atom is -0.461 e. The van der Waals surface area contributed by atoms with Crippen LogP contribution in [0.25, 0.3) is 11.0 Å². The molecule has 0 radical (unpaired) electrons. The number of hydrogen-bond donors (Lipinski definition) is 1. The molecule has 2 aromatic rings. The molecule has 0 saturated carbocycles. The lowest BCUT2D eigenvalue weighted by Crippen LogP contribution is -2.35. The van der Waals surface area contributed by atoms with Gasteiger partial charge in [0.1, 0.15) is 11.3 Å². The van der Waals surface area contributed by atoms with E-state index in [9.17, 15) is 0 Å². The fourth-order valence-corrected chi connectivity index (χ4v) is 2.94. The van der Waals surface area contributed by atoms with Crippen molar-refractivity contribution in [2.75, 3.05) is 6.54 Å². The Hall–Kier alpha value is -1.28. The van der Waals surface area contributed by atoms with Gasteiger partial charge in [-0.15, -0.1) is 0 Å². The number of furan rings is 1. The van der Waals surface area contributed by atoms with Crippen LogP contribution in [0, 0.1) is 13.8 Å². The van der Waals surface area contributed by atoms with Crippen molar-refractivity contribution < 1.29 is 4.42 Å². The summed E-state index contributed by atoms with van der Waals surface area (Å²) < 4.78 is 5.94. The second-order valence-corrected chi connectivity index (χ2v) is 5.43. The van der Waals surface area contributed by atoms with Gasteiger partial charge in [0.15, 0.2) is 0 Å². The summed E-state index contributed by atoms with van der Waals surface area (Å²) >= 11 is 0. The molecule has 1 aliphatic rings. The highest BCUT2D eigenvalue weighted by Crippen LogP contribution is 2.28. The third-order valence-electron chi connectivity index (χ3n) is 4.16. The van der Waals surface area contributed by atoms with Crippen molar-refractivity contribution in [1.82, 2.24) is 5.32 Å². The van der Waals surface area contributed by atoms with Gasteiger partial charge >= 0.3 is 0 Å². The second kappa shape index (κ2) is 4.77. The second-order valence-electron chi connectivity index (χ2n) is 5.43. The van der Waals surface area contributed by atoms with E-state index in [2.05, 4.69) is 37.4 Å². The summed E-state index contributed by atoms with van der Waals surface area (Å²) in [5.74, 6) is 1.05. The van der Waals surface area contributed by atoms with E-state index in [-0.39, 0.29) is 0 Å². The van der Waals surface area contributed by atoms with Gasteiger partial charge in [-0.05, 0) is 50.8 Å². The Morgan fingerprint density at radius 1 is 1.28 bits per heavy atom. The van der Waals surface area contributed by atoms with Crippen LogP contribution in [-0.4, -0.2) is 12.6 Å². The topological polar surface area (TPSA) is 25.2 Å². The lowest BCUT2D eigenvalue weighted by atomic mass is 9.96. The van der Waals surface area contributed by atoms with Crippen LogP contribution in [0.5, 0.6) is 0 Å². The normalized spacial score (nSPS) is 20.4. The van der Waals surface area contributed by atoms with Crippen molar-refractivity contribution in [3.05, 3.63) is 35.1 Å². The van der Waals surface area contributed by atoms with E-state index in [0.717, 1.165) is 24.3 Å². The van der Waals surface area contributed by atoms with Crippen molar-refractivity contribution in [2.45, 2.75) is 45.6 Å². The predicted octanol–water partition coefficient (Wildman–Crippen LogP) is 3.73. The van der Waals surface area contributed by atoms with Gasteiger partial charge < -0.3 is 9.73 Å². The minimum absolute atomic E-state index is 0.620. The van der Waals surface area contributed by atoms with Crippen LogP contribution in [0.15, 0.2) is 22.6 Å². The van der Waals surface area contributed by atoms with Gasteiger partial charge in [-0.1, -0.05) is 24.6 Å². The van der Waals surface area contributed by atoms with Crippen LogP contribution >= 0.6 is 0 Å². The first-order valence-electron chi connectivity index (χ1n) is 6.96. The monoisotopic (exact) mass is 243 g/mol. The standard InChI is InChI=1S/C16H21NO/c1-11-12(2)18-16-13(6-5-8-15(11)16)10-14-7-3-4-9-17-14/h5-6,8,14,17H,3-4,7,9-10H2,1-2H3. The SMILES string of the molecule is Cc1oc2c(CC3CCCCN3)cccc2c1C. The number of nitrogens with one attached hydrogen (secondary N) is 1. The molecule has 2 heterocycles. The van der Waals surface area contributed by atoms with Crippen LogP contribution in [0.4, 0.5) is 0 Å². The minimum atomic E-state index is 0.620. The molecular formula is C16H21NO. The Bertz CT molecular complexity index is 549. The zero-order valence-corrected chi connectivity index (χ0v) is 11.3. The molecule has 1 aliphatic heterocycles. The van der Waals surface area contributed by atoms with E-state index in [1.807, 2.05) is 0 Å². The number of hydrogen-bond acceptors (Lipinski definition) is 2. The Balaban J connectivity index is 1.93. The largest absolute Gasteiger partial charge is 0.461 e.